The predicted molar refractivity (Wildman–Crippen MR) is 106 cm³/mol. The summed E-state index contributed by atoms with van der Waals surface area (Å²) in [6.45, 7) is 1.75. The van der Waals surface area contributed by atoms with Gasteiger partial charge in [-0.1, -0.05) is 30.3 Å². The summed E-state index contributed by atoms with van der Waals surface area (Å²) in [5.74, 6) is -0.408. The third-order valence-electron chi connectivity index (χ3n) is 4.31. The van der Waals surface area contributed by atoms with Crippen LogP contribution in [0.15, 0.2) is 58.2 Å². The first-order valence-electron chi connectivity index (χ1n) is 8.46. The van der Waals surface area contributed by atoms with Crippen LogP contribution in [0.3, 0.4) is 0 Å². The van der Waals surface area contributed by atoms with E-state index in [1.807, 2.05) is 30.3 Å². The largest absolute Gasteiger partial charge is 0.503 e. The Balaban J connectivity index is 1.93. The number of amides is 2. The maximum Gasteiger partial charge on any atom is 0.338 e. The van der Waals surface area contributed by atoms with Crippen LogP contribution in [0.2, 0.25) is 0 Å². The molecule has 1 aliphatic heterocycles. The van der Waals surface area contributed by atoms with Crippen LogP contribution >= 0.6 is 15.9 Å². The van der Waals surface area contributed by atoms with Crippen LogP contribution in [0.5, 0.6) is 11.5 Å². The fourth-order valence-corrected chi connectivity index (χ4v) is 3.39. The standard InChI is InChI=1S/C20H19BrN2O5/c1-11-16(19(25)28-10-12-6-4-3-5-7-12)17(23-20(26)22-11)13-8-14(21)18(24)15(9-13)27-2/h3-9,17,24H,10H2,1-2H3,(H2,22,23,26)/t17-/m1/s1. The van der Waals surface area contributed by atoms with Gasteiger partial charge in [0.25, 0.3) is 0 Å². The molecule has 146 valence electrons. The number of benzene rings is 2. The van der Waals surface area contributed by atoms with Gasteiger partial charge >= 0.3 is 12.0 Å². The Bertz CT molecular complexity index is 943. The molecule has 3 rings (SSSR count). The van der Waals surface area contributed by atoms with Gasteiger partial charge in [-0.25, -0.2) is 9.59 Å². The summed E-state index contributed by atoms with van der Waals surface area (Å²) >= 11 is 3.26. The molecule has 2 aromatic carbocycles. The van der Waals surface area contributed by atoms with Crippen molar-refractivity contribution in [2.75, 3.05) is 7.11 Å². The number of ether oxygens (including phenoxy) is 2. The van der Waals surface area contributed by atoms with Crippen molar-refractivity contribution >= 4 is 27.9 Å². The van der Waals surface area contributed by atoms with E-state index in [2.05, 4.69) is 26.6 Å². The highest BCUT2D eigenvalue weighted by molar-refractivity contribution is 9.10. The molecule has 0 saturated heterocycles. The minimum absolute atomic E-state index is 0.0691. The van der Waals surface area contributed by atoms with E-state index < -0.39 is 18.0 Å². The molecule has 1 aliphatic rings. The Hall–Kier alpha value is -3.00. The summed E-state index contributed by atoms with van der Waals surface area (Å²) in [7, 11) is 1.42. The topological polar surface area (TPSA) is 96.9 Å². The number of phenols is 1. The Labute approximate surface area is 170 Å². The third kappa shape index (κ3) is 4.12. The van der Waals surface area contributed by atoms with Crippen molar-refractivity contribution in [3.05, 3.63) is 69.3 Å². The molecule has 7 nitrogen and oxygen atoms in total. The van der Waals surface area contributed by atoms with Crippen LogP contribution in [-0.4, -0.2) is 24.2 Å². The molecular formula is C20H19BrN2O5. The number of hydrogen-bond donors (Lipinski definition) is 3. The second kappa shape index (κ2) is 8.35. The van der Waals surface area contributed by atoms with Crippen LogP contribution < -0.4 is 15.4 Å². The number of carbonyl (C=O) groups excluding carboxylic acids is 2. The molecule has 0 spiro atoms. The minimum Gasteiger partial charge on any atom is -0.503 e. The molecule has 1 heterocycles. The van der Waals surface area contributed by atoms with Crippen molar-refractivity contribution in [2.45, 2.75) is 19.6 Å². The number of rotatable bonds is 5. The SMILES string of the molecule is COc1cc([C@H]2NC(=O)NC(C)=C2C(=O)OCc2ccccc2)cc(Br)c1O. The molecular weight excluding hydrogens is 428 g/mol. The number of hydrogen-bond acceptors (Lipinski definition) is 5. The van der Waals surface area contributed by atoms with Gasteiger partial charge in [-0.3, -0.25) is 0 Å². The molecule has 0 fully saturated rings. The van der Waals surface area contributed by atoms with Gasteiger partial charge in [-0.15, -0.1) is 0 Å². The number of methoxy groups -OCH3 is 1. The van der Waals surface area contributed by atoms with E-state index in [0.29, 0.717) is 15.7 Å². The van der Waals surface area contributed by atoms with E-state index in [1.54, 1.807) is 19.1 Å². The molecule has 3 N–H and O–H groups in total. The number of halogens is 1. The molecule has 0 aliphatic carbocycles. The lowest BCUT2D eigenvalue weighted by Gasteiger charge is -2.28. The Morgan fingerprint density at radius 1 is 1.25 bits per heavy atom. The zero-order valence-corrected chi connectivity index (χ0v) is 16.9. The molecule has 8 heteroatoms. The van der Waals surface area contributed by atoms with Crippen LogP contribution in [0.1, 0.15) is 24.1 Å². The zero-order chi connectivity index (χ0) is 20.3. The number of phenolic OH excluding ortho intramolecular Hbond substituents is 1. The summed E-state index contributed by atoms with van der Waals surface area (Å²) in [6.07, 6.45) is 0. The van der Waals surface area contributed by atoms with Gasteiger partial charge in [0.15, 0.2) is 11.5 Å². The fraction of sp³-hybridized carbons (Fsp3) is 0.200. The quantitative estimate of drug-likeness (QED) is 0.610. The number of allylic oxidation sites excluding steroid dienone is 1. The lowest BCUT2D eigenvalue weighted by Crippen LogP contribution is -2.45. The highest BCUT2D eigenvalue weighted by Crippen LogP contribution is 2.39. The second-order valence-electron chi connectivity index (χ2n) is 6.19. The van der Waals surface area contributed by atoms with E-state index >= 15 is 0 Å². The lowest BCUT2D eigenvalue weighted by molar-refractivity contribution is -0.140. The van der Waals surface area contributed by atoms with Crippen LogP contribution in [-0.2, 0) is 16.1 Å². The van der Waals surface area contributed by atoms with Crippen LogP contribution in [0.4, 0.5) is 4.79 Å². The summed E-state index contributed by atoms with van der Waals surface area (Å²) in [5.41, 5.74) is 2.08. The van der Waals surface area contributed by atoms with Crippen molar-refractivity contribution < 1.29 is 24.2 Å². The summed E-state index contributed by atoms with van der Waals surface area (Å²) in [4.78, 5) is 24.8. The molecule has 0 saturated carbocycles. The second-order valence-corrected chi connectivity index (χ2v) is 7.04. The van der Waals surface area contributed by atoms with Crippen LogP contribution in [0, 0.1) is 0 Å². The predicted octanol–water partition coefficient (Wildman–Crippen LogP) is 3.53. The summed E-state index contributed by atoms with van der Waals surface area (Å²) < 4.78 is 11.0. The normalized spacial score (nSPS) is 16.2. The maximum atomic E-state index is 12.8. The van der Waals surface area contributed by atoms with Gasteiger partial charge < -0.3 is 25.2 Å². The van der Waals surface area contributed by atoms with Gasteiger partial charge in [-0.2, -0.15) is 0 Å². The van der Waals surface area contributed by atoms with Crippen molar-refractivity contribution in [2.24, 2.45) is 0 Å². The summed E-state index contributed by atoms with van der Waals surface area (Å²) in [5, 5.41) is 15.4. The molecule has 1 atom stereocenters. The van der Waals surface area contributed by atoms with Crippen molar-refractivity contribution in [3.63, 3.8) is 0 Å². The van der Waals surface area contributed by atoms with E-state index in [-0.39, 0.29) is 23.7 Å². The van der Waals surface area contributed by atoms with Gasteiger partial charge in [0.05, 0.1) is 23.2 Å². The first-order valence-corrected chi connectivity index (χ1v) is 9.25. The molecule has 2 aromatic rings. The number of esters is 1. The minimum atomic E-state index is -0.761. The van der Waals surface area contributed by atoms with Crippen molar-refractivity contribution in [1.29, 1.82) is 0 Å². The average molecular weight is 447 g/mol. The Morgan fingerprint density at radius 3 is 2.64 bits per heavy atom. The van der Waals surface area contributed by atoms with Gasteiger partial charge in [0.2, 0.25) is 0 Å². The number of aromatic hydroxyl groups is 1. The Morgan fingerprint density at radius 2 is 1.96 bits per heavy atom. The van der Waals surface area contributed by atoms with E-state index in [9.17, 15) is 14.7 Å². The fourth-order valence-electron chi connectivity index (χ4n) is 2.93. The van der Waals surface area contributed by atoms with E-state index in [4.69, 9.17) is 9.47 Å². The van der Waals surface area contributed by atoms with Gasteiger partial charge in [0, 0.05) is 5.70 Å². The number of nitrogens with one attached hydrogen (secondary N) is 2. The van der Waals surface area contributed by atoms with Gasteiger partial charge in [0.1, 0.15) is 6.61 Å². The third-order valence-corrected chi connectivity index (χ3v) is 4.91. The number of carbonyl (C=O) groups is 2. The van der Waals surface area contributed by atoms with E-state index in [0.717, 1.165) is 5.56 Å². The molecule has 0 bridgehead atoms. The first-order chi connectivity index (χ1) is 13.4. The van der Waals surface area contributed by atoms with Gasteiger partial charge in [-0.05, 0) is 46.1 Å². The highest BCUT2D eigenvalue weighted by atomic mass is 79.9. The molecule has 2 amide bonds. The zero-order valence-electron chi connectivity index (χ0n) is 15.3. The molecule has 0 aromatic heterocycles. The van der Waals surface area contributed by atoms with Crippen molar-refractivity contribution in [1.82, 2.24) is 10.6 Å². The van der Waals surface area contributed by atoms with Crippen LogP contribution in [0.25, 0.3) is 0 Å². The van der Waals surface area contributed by atoms with E-state index in [1.165, 1.54) is 7.11 Å². The maximum absolute atomic E-state index is 12.8. The number of urea groups is 1. The highest BCUT2D eigenvalue weighted by Gasteiger charge is 2.33. The monoisotopic (exact) mass is 446 g/mol. The average Bonchev–Trinajstić information content (AvgIpc) is 2.68. The van der Waals surface area contributed by atoms with Crippen molar-refractivity contribution in [3.8, 4) is 11.5 Å². The Kier molecular flexibility index (Phi) is 5.89. The first kappa shape index (κ1) is 19.8. The summed E-state index contributed by atoms with van der Waals surface area (Å²) in [6, 6.07) is 11.3. The lowest BCUT2D eigenvalue weighted by atomic mass is 9.95. The smallest absolute Gasteiger partial charge is 0.338 e. The molecule has 28 heavy (non-hydrogen) atoms. The molecule has 0 unspecified atom stereocenters. The molecule has 0 radical (unpaired) electrons.